The second-order valence-electron chi connectivity index (χ2n) is 8.06. The Kier molecular flexibility index (Phi) is 10.7. The highest BCUT2D eigenvalue weighted by molar-refractivity contribution is 5.98. The van der Waals surface area contributed by atoms with Crippen LogP contribution in [0.15, 0.2) is 55.3 Å². The lowest BCUT2D eigenvalue weighted by Crippen LogP contribution is -2.45. The van der Waals surface area contributed by atoms with E-state index in [4.69, 9.17) is 23.7 Å². The third-order valence-corrected chi connectivity index (χ3v) is 4.95. The van der Waals surface area contributed by atoms with E-state index in [1.54, 1.807) is 0 Å². The maximum atomic E-state index is 12.9. The van der Waals surface area contributed by atoms with E-state index in [-0.39, 0.29) is 23.1 Å². The molecule has 1 N–H and O–H groups in total. The lowest BCUT2D eigenvalue weighted by Gasteiger charge is -2.29. The average Bonchev–Trinajstić information content (AvgIpc) is 2.86. The van der Waals surface area contributed by atoms with Crippen LogP contribution in [0.3, 0.4) is 0 Å². The van der Waals surface area contributed by atoms with Crippen LogP contribution in [-0.2, 0) is 19.1 Å². The van der Waals surface area contributed by atoms with Crippen LogP contribution in [0, 0.1) is 5.92 Å². The van der Waals surface area contributed by atoms with Crippen LogP contribution in [0.2, 0.25) is 0 Å². The summed E-state index contributed by atoms with van der Waals surface area (Å²) in [7, 11) is 1.38. The summed E-state index contributed by atoms with van der Waals surface area (Å²) in [6.07, 6.45) is 1.56. The monoisotopic (exact) mass is 500 g/mol. The third kappa shape index (κ3) is 8.00. The summed E-state index contributed by atoms with van der Waals surface area (Å²) in [6, 6.07) is 9.61. The molecule has 1 amide bonds. The highest BCUT2D eigenvalue weighted by Crippen LogP contribution is 2.29. The zero-order valence-corrected chi connectivity index (χ0v) is 21.1. The molecule has 194 valence electrons. The standard InChI is InChI=1S/C26H32N2O8/c1-7-20(23(16(2)3)35-19-11-9-8-10-12-19)36-26(31)17(4)28-25(30)22-24(34-15-33-18(5)29)21(32-6)13-14-27-22/h7-14,16-17,20,23H,1,15H2,2-6H3,(H,28,30)/t17-,20+,23+/m0/s1. The molecule has 0 saturated carbocycles. The first-order chi connectivity index (χ1) is 17.2. The van der Waals surface area contributed by atoms with Crippen molar-refractivity contribution in [2.75, 3.05) is 13.9 Å². The molecule has 2 aromatic rings. The number of nitrogens with zero attached hydrogens (tertiary/aromatic N) is 1. The smallest absolute Gasteiger partial charge is 0.329 e. The van der Waals surface area contributed by atoms with E-state index in [1.807, 2.05) is 44.2 Å². The van der Waals surface area contributed by atoms with Gasteiger partial charge in [0.15, 0.2) is 23.3 Å². The number of benzene rings is 1. The van der Waals surface area contributed by atoms with E-state index in [2.05, 4.69) is 16.9 Å². The molecule has 0 bridgehead atoms. The van der Waals surface area contributed by atoms with E-state index in [1.165, 1.54) is 39.3 Å². The quantitative estimate of drug-likeness (QED) is 0.251. The second-order valence-corrected chi connectivity index (χ2v) is 8.06. The SMILES string of the molecule is C=C[C@@H](OC(=O)[C@H](C)NC(=O)c1nccc(OC)c1OCOC(C)=O)[C@H](Oc1ccccc1)C(C)C. The molecule has 0 aliphatic rings. The van der Waals surface area contributed by atoms with E-state index >= 15 is 0 Å². The number of rotatable bonds is 13. The van der Waals surface area contributed by atoms with Crippen molar-refractivity contribution in [2.24, 2.45) is 5.92 Å². The van der Waals surface area contributed by atoms with Gasteiger partial charge in [0, 0.05) is 19.2 Å². The maximum absolute atomic E-state index is 12.9. The molecule has 0 unspecified atom stereocenters. The van der Waals surface area contributed by atoms with Crippen LogP contribution in [0.25, 0.3) is 0 Å². The number of methoxy groups -OCH3 is 1. The second kappa shape index (κ2) is 13.7. The molecule has 0 fully saturated rings. The number of carbonyl (C=O) groups excluding carboxylic acids is 3. The van der Waals surface area contributed by atoms with Crippen molar-refractivity contribution in [2.45, 2.75) is 45.9 Å². The topological polar surface area (TPSA) is 122 Å². The average molecular weight is 501 g/mol. The molecule has 0 aliphatic heterocycles. The molecule has 1 aromatic heterocycles. The molecule has 10 nitrogen and oxygen atoms in total. The van der Waals surface area contributed by atoms with Crippen molar-refractivity contribution in [3.63, 3.8) is 0 Å². The van der Waals surface area contributed by atoms with Gasteiger partial charge in [-0.05, 0) is 31.1 Å². The lowest BCUT2D eigenvalue weighted by molar-refractivity contribution is -0.153. The van der Waals surface area contributed by atoms with Crippen molar-refractivity contribution >= 4 is 17.8 Å². The summed E-state index contributed by atoms with van der Waals surface area (Å²) in [5, 5.41) is 2.54. The predicted molar refractivity (Wildman–Crippen MR) is 131 cm³/mol. The first kappa shape index (κ1) is 28.2. The van der Waals surface area contributed by atoms with Gasteiger partial charge in [-0.2, -0.15) is 0 Å². The molecule has 1 heterocycles. The first-order valence-electron chi connectivity index (χ1n) is 11.3. The number of para-hydroxylation sites is 1. The molecular weight excluding hydrogens is 468 g/mol. The fourth-order valence-corrected chi connectivity index (χ4v) is 3.11. The fraction of sp³-hybridized carbons (Fsp3) is 0.385. The molecule has 0 radical (unpaired) electrons. The van der Waals surface area contributed by atoms with E-state index in [9.17, 15) is 14.4 Å². The van der Waals surface area contributed by atoms with Gasteiger partial charge >= 0.3 is 11.9 Å². The van der Waals surface area contributed by atoms with Crippen molar-refractivity contribution in [3.8, 4) is 17.2 Å². The Balaban J connectivity index is 2.11. The van der Waals surface area contributed by atoms with Gasteiger partial charge in [-0.3, -0.25) is 9.59 Å². The number of amides is 1. The minimum Gasteiger partial charge on any atom is -0.493 e. The third-order valence-electron chi connectivity index (χ3n) is 4.95. The summed E-state index contributed by atoms with van der Waals surface area (Å²) < 4.78 is 27.0. The molecule has 0 aliphatic carbocycles. The summed E-state index contributed by atoms with van der Waals surface area (Å²) in [5.74, 6) is -1.20. The predicted octanol–water partition coefficient (Wildman–Crippen LogP) is 3.31. The highest BCUT2D eigenvalue weighted by Gasteiger charge is 2.30. The number of esters is 2. The molecule has 1 aromatic carbocycles. The van der Waals surface area contributed by atoms with Crippen molar-refractivity contribution < 1.29 is 38.1 Å². The van der Waals surface area contributed by atoms with E-state index in [0.29, 0.717) is 5.75 Å². The van der Waals surface area contributed by atoms with Crippen molar-refractivity contribution in [1.82, 2.24) is 10.3 Å². The van der Waals surface area contributed by atoms with E-state index < -0.39 is 42.9 Å². The first-order valence-corrected chi connectivity index (χ1v) is 11.3. The van der Waals surface area contributed by atoms with E-state index in [0.717, 1.165) is 0 Å². The summed E-state index contributed by atoms with van der Waals surface area (Å²) >= 11 is 0. The van der Waals surface area contributed by atoms with Crippen LogP contribution in [0.5, 0.6) is 17.2 Å². The van der Waals surface area contributed by atoms with Crippen LogP contribution >= 0.6 is 0 Å². The molecule has 0 spiro atoms. The van der Waals surface area contributed by atoms with Gasteiger partial charge in [-0.15, -0.1) is 0 Å². The number of hydrogen-bond acceptors (Lipinski definition) is 9. The molecule has 0 saturated heterocycles. The van der Waals surface area contributed by atoms with Gasteiger partial charge in [0.1, 0.15) is 17.9 Å². The van der Waals surface area contributed by atoms with Gasteiger partial charge in [0.05, 0.1) is 7.11 Å². The Morgan fingerprint density at radius 3 is 2.39 bits per heavy atom. The molecule has 3 atom stereocenters. The van der Waals surface area contributed by atoms with Crippen LogP contribution in [0.1, 0.15) is 38.2 Å². The zero-order valence-electron chi connectivity index (χ0n) is 21.1. The number of ether oxygens (including phenoxy) is 5. The fourth-order valence-electron chi connectivity index (χ4n) is 3.11. The molecule has 36 heavy (non-hydrogen) atoms. The minimum absolute atomic E-state index is 0.0104. The molecule has 10 heteroatoms. The molecule has 2 rings (SSSR count). The normalized spacial score (nSPS) is 13.1. The van der Waals surface area contributed by atoms with Crippen molar-refractivity contribution in [1.29, 1.82) is 0 Å². The number of carbonyl (C=O) groups is 3. The van der Waals surface area contributed by atoms with Crippen LogP contribution in [0.4, 0.5) is 0 Å². The highest BCUT2D eigenvalue weighted by atomic mass is 16.7. The number of pyridine rings is 1. The maximum Gasteiger partial charge on any atom is 0.329 e. The number of nitrogens with one attached hydrogen (secondary N) is 1. The van der Waals surface area contributed by atoms with Gasteiger partial charge in [0.2, 0.25) is 6.79 Å². The molecular formula is C26H32N2O8. The number of hydrogen-bond donors (Lipinski definition) is 1. The van der Waals surface area contributed by atoms with Gasteiger partial charge < -0.3 is 29.0 Å². The summed E-state index contributed by atoms with van der Waals surface area (Å²) in [6.45, 7) is 9.90. The van der Waals surface area contributed by atoms with Crippen molar-refractivity contribution in [3.05, 3.63) is 60.9 Å². The minimum atomic E-state index is -1.04. The Bertz CT molecular complexity index is 1040. The lowest BCUT2D eigenvalue weighted by atomic mass is 10.0. The largest absolute Gasteiger partial charge is 0.493 e. The zero-order chi connectivity index (χ0) is 26.7. The Morgan fingerprint density at radius 1 is 1.11 bits per heavy atom. The number of aromatic nitrogens is 1. The summed E-state index contributed by atoms with van der Waals surface area (Å²) in [5.41, 5.74) is -0.158. The van der Waals surface area contributed by atoms with Gasteiger partial charge in [-0.25, -0.2) is 9.78 Å². The van der Waals surface area contributed by atoms with Gasteiger partial charge in [-0.1, -0.05) is 38.6 Å². The van der Waals surface area contributed by atoms with Crippen LogP contribution in [-0.4, -0.2) is 55.0 Å². The Labute approximate surface area is 210 Å². The summed E-state index contributed by atoms with van der Waals surface area (Å²) in [4.78, 5) is 40.8. The Hall–Kier alpha value is -4.08. The Morgan fingerprint density at radius 2 is 1.81 bits per heavy atom. The van der Waals surface area contributed by atoms with Gasteiger partial charge in [0.25, 0.3) is 5.91 Å². The van der Waals surface area contributed by atoms with Crippen LogP contribution < -0.4 is 19.5 Å².